The summed E-state index contributed by atoms with van der Waals surface area (Å²) in [5.41, 5.74) is 1.83. The van der Waals surface area contributed by atoms with E-state index in [1.165, 1.54) is 0 Å². The molecule has 1 N–H and O–H groups in total. The standard InChI is InChI=1S/C25H31ClN2O3/c1-3-23(25(30)27-21-6-4-5-7-21)28(17-19-8-12-20(26)13-9-19)24(29)16-18-10-14-22(31-2)15-11-18/h8-15,21,23H,3-7,16-17H2,1-2H3,(H,27,30). The number of carbonyl (C=O) groups excluding carboxylic acids is 2. The van der Waals surface area contributed by atoms with Crippen molar-refractivity contribution in [3.63, 3.8) is 0 Å². The second-order valence-corrected chi connectivity index (χ2v) is 8.52. The lowest BCUT2D eigenvalue weighted by Crippen LogP contribution is -2.51. The third-order valence-corrected chi connectivity index (χ3v) is 6.12. The molecule has 1 fully saturated rings. The Labute approximate surface area is 189 Å². The largest absolute Gasteiger partial charge is 0.497 e. The van der Waals surface area contributed by atoms with Crippen LogP contribution >= 0.6 is 11.6 Å². The fraction of sp³-hybridized carbons (Fsp3) is 0.440. The Morgan fingerprint density at radius 2 is 1.68 bits per heavy atom. The number of amides is 2. The fourth-order valence-electron chi connectivity index (χ4n) is 4.09. The molecule has 1 aliphatic carbocycles. The molecule has 3 rings (SSSR count). The minimum absolute atomic E-state index is 0.0635. The Bertz CT molecular complexity index is 861. The first kappa shape index (κ1) is 23.1. The smallest absolute Gasteiger partial charge is 0.243 e. The molecule has 0 spiro atoms. The summed E-state index contributed by atoms with van der Waals surface area (Å²) in [5, 5.41) is 3.81. The maximum absolute atomic E-state index is 13.4. The summed E-state index contributed by atoms with van der Waals surface area (Å²) in [5.74, 6) is 0.608. The molecule has 2 aromatic rings. The molecule has 0 bridgehead atoms. The Hall–Kier alpha value is -2.53. The van der Waals surface area contributed by atoms with Crippen molar-refractivity contribution < 1.29 is 14.3 Å². The monoisotopic (exact) mass is 442 g/mol. The van der Waals surface area contributed by atoms with E-state index in [4.69, 9.17) is 16.3 Å². The number of ether oxygens (including phenoxy) is 1. The van der Waals surface area contributed by atoms with Crippen LogP contribution in [-0.4, -0.2) is 35.9 Å². The molecule has 1 atom stereocenters. The number of halogens is 1. The van der Waals surface area contributed by atoms with Crippen LogP contribution < -0.4 is 10.1 Å². The summed E-state index contributed by atoms with van der Waals surface area (Å²) >= 11 is 6.02. The van der Waals surface area contributed by atoms with E-state index in [0.717, 1.165) is 42.6 Å². The molecule has 1 unspecified atom stereocenters. The zero-order valence-electron chi connectivity index (χ0n) is 18.3. The zero-order valence-corrected chi connectivity index (χ0v) is 19.0. The van der Waals surface area contributed by atoms with Gasteiger partial charge in [0.2, 0.25) is 11.8 Å². The van der Waals surface area contributed by atoms with E-state index in [1.807, 2.05) is 55.5 Å². The maximum atomic E-state index is 13.4. The van der Waals surface area contributed by atoms with Gasteiger partial charge >= 0.3 is 0 Å². The average Bonchev–Trinajstić information content (AvgIpc) is 3.28. The summed E-state index contributed by atoms with van der Waals surface area (Å²) in [6.45, 7) is 2.32. The lowest BCUT2D eigenvalue weighted by atomic mass is 10.1. The molecule has 0 aromatic heterocycles. The topological polar surface area (TPSA) is 58.6 Å². The summed E-state index contributed by atoms with van der Waals surface area (Å²) < 4.78 is 5.20. The number of hydrogen-bond acceptors (Lipinski definition) is 3. The fourth-order valence-corrected chi connectivity index (χ4v) is 4.22. The van der Waals surface area contributed by atoms with Crippen molar-refractivity contribution in [2.24, 2.45) is 0 Å². The van der Waals surface area contributed by atoms with Gasteiger partial charge < -0.3 is 15.0 Å². The Kier molecular flexibility index (Phi) is 8.35. The number of benzene rings is 2. The predicted octanol–water partition coefficient (Wildman–Crippen LogP) is 4.76. The summed E-state index contributed by atoms with van der Waals surface area (Å²) in [7, 11) is 1.61. The van der Waals surface area contributed by atoms with Crippen molar-refractivity contribution in [3.8, 4) is 5.75 Å². The average molecular weight is 443 g/mol. The van der Waals surface area contributed by atoms with E-state index in [-0.39, 0.29) is 24.3 Å². The van der Waals surface area contributed by atoms with E-state index < -0.39 is 6.04 Å². The van der Waals surface area contributed by atoms with E-state index in [9.17, 15) is 9.59 Å². The molecule has 6 heteroatoms. The van der Waals surface area contributed by atoms with Crippen LogP contribution in [0.3, 0.4) is 0 Å². The molecule has 166 valence electrons. The minimum atomic E-state index is -0.512. The van der Waals surface area contributed by atoms with Crippen LogP contribution in [0.15, 0.2) is 48.5 Å². The van der Waals surface area contributed by atoms with Crippen LogP contribution in [0.5, 0.6) is 5.75 Å². The highest BCUT2D eigenvalue weighted by molar-refractivity contribution is 6.30. The van der Waals surface area contributed by atoms with Gasteiger partial charge in [0.05, 0.1) is 13.5 Å². The Morgan fingerprint density at radius 1 is 1.06 bits per heavy atom. The second kappa shape index (κ2) is 11.2. The molecular formula is C25H31ClN2O3. The Balaban J connectivity index is 1.79. The summed E-state index contributed by atoms with van der Waals surface area (Å²) in [6.07, 6.45) is 5.10. The molecule has 0 heterocycles. The Morgan fingerprint density at radius 3 is 2.26 bits per heavy atom. The van der Waals surface area contributed by atoms with Crippen LogP contribution in [0.4, 0.5) is 0 Å². The van der Waals surface area contributed by atoms with Crippen LogP contribution in [0.1, 0.15) is 50.2 Å². The molecule has 2 amide bonds. The van der Waals surface area contributed by atoms with Crippen LogP contribution in [0, 0.1) is 0 Å². The summed E-state index contributed by atoms with van der Waals surface area (Å²) in [6, 6.07) is 14.6. The van der Waals surface area contributed by atoms with Gasteiger partial charge in [0.15, 0.2) is 0 Å². The van der Waals surface area contributed by atoms with Crippen molar-refractivity contribution in [3.05, 3.63) is 64.7 Å². The molecule has 1 aliphatic rings. The highest BCUT2D eigenvalue weighted by Gasteiger charge is 2.30. The third-order valence-electron chi connectivity index (χ3n) is 5.87. The number of nitrogens with zero attached hydrogens (tertiary/aromatic N) is 1. The lowest BCUT2D eigenvalue weighted by molar-refractivity contribution is -0.141. The van der Waals surface area contributed by atoms with Crippen molar-refractivity contribution in [1.82, 2.24) is 10.2 Å². The second-order valence-electron chi connectivity index (χ2n) is 8.09. The highest BCUT2D eigenvalue weighted by Crippen LogP contribution is 2.21. The van der Waals surface area contributed by atoms with Gasteiger partial charge in [0, 0.05) is 17.6 Å². The van der Waals surface area contributed by atoms with E-state index in [0.29, 0.717) is 18.0 Å². The number of hydrogen-bond donors (Lipinski definition) is 1. The van der Waals surface area contributed by atoms with Gasteiger partial charge in [0.25, 0.3) is 0 Å². The molecule has 5 nitrogen and oxygen atoms in total. The predicted molar refractivity (Wildman–Crippen MR) is 123 cm³/mol. The molecule has 0 aliphatic heterocycles. The van der Waals surface area contributed by atoms with Gasteiger partial charge in [-0.25, -0.2) is 0 Å². The van der Waals surface area contributed by atoms with Gasteiger partial charge in [0.1, 0.15) is 11.8 Å². The van der Waals surface area contributed by atoms with Crippen LogP contribution in [0.2, 0.25) is 5.02 Å². The first-order valence-electron chi connectivity index (χ1n) is 11.0. The van der Waals surface area contributed by atoms with Crippen LogP contribution in [0.25, 0.3) is 0 Å². The van der Waals surface area contributed by atoms with Gasteiger partial charge in [-0.15, -0.1) is 0 Å². The van der Waals surface area contributed by atoms with E-state index in [2.05, 4.69) is 5.32 Å². The van der Waals surface area contributed by atoms with Crippen molar-refractivity contribution in [2.45, 2.75) is 64.1 Å². The van der Waals surface area contributed by atoms with Crippen molar-refractivity contribution in [2.75, 3.05) is 7.11 Å². The van der Waals surface area contributed by atoms with Crippen molar-refractivity contribution in [1.29, 1.82) is 0 Å². The van der Waals surface area contributed by atoms with Gasteiger partial charge in [-0.2, -0.15) is 0 Å². The van der Waals surface area contributed by atoms with E-state index >= 15 is 0 Å². The molecule has 1 saturated carbocycles. The first-order chi connectivity index (χ1) is 15.0. The first-order valence-corrected chi connectivity index (χ1v) is 11.3. The van der Waals surface area contributed by atoms with Gasteiger partial charge in [-0.1, -0.05) is 55.6 Å². The van der Waals surface area contributed by atoms with Gasteiger partial charge in [-0.3, -0.25) is 9.59 Å². The SMILES string of the molecule is CCC(C(=O)NC1CCCC1)N(Cc1ccc(Cl)cc1)C(=O)Cc1ccc(OC)cc1. The highest BCUT2D eigenvalue weighted by atomic mass is 35.5. The minimum Gasteiger partial charge on any atom is -0.497 e. The third kappa shape index (κ3) is 6.47. The molecule has 2 aromatic carbocycles. The lowest BCUT2D eigenvalue weighted by Gasteiger charge is -2.31. The number of rotatable bonds is 9. The van der Waals surface area contributed by atoms with Gasteiger partial charge in [-0.05, 0) is 54.7 Å². The zero-order chi connectivity index (χ0) is 22.2. The molecule has 0 radical (unpaired) electrons. The quantitative estimate of drug-likeness (QED) is 0.609. The van der Waals surface area contributed by atoms with E-state index in [1.54, 1.807) is 12.0 Å². The normalized spacial score (nSPS) is 14.8. The van der Waals surface area contributed by atoms with Crippen LogP contribution in [-0.2, 0) is 22.6 Å². The number of methoxy groups -OCH3 is 1. The maximum Gasteiger partial charge on any atom is 0.243 e. The number of carbonyl (C=O) groups is 2. The molecular weight excluding hydrogens is 412 g/mol. The summed E-state index contributed by atoms with van der Waals surface area (Å²) in [4.78, 5) is 28.2. The van der Waals surface area contributed by atoms with Crippen molar-refractivity contribution >= 4 is 23.4 Å². The molecule has 0 saturated heterocycles. The molecule has 31 heavy (non-hydrogen) atoms. The number of nitrogens with one attached hydrogen (secondary N) is 1.